The summed E-state index contributed by atoms with van der Waals surface area (Å²) < 4.78 is 0. The van der Waals surface area contributed by atoms with Crippen molar-refractivity contribution in [3.05, 3.63) is 0 Å². The second-order valence-electron chi connectivity index (χ2n) is 6.18. The molecular formula is C15H33N3O. The van der Waals surface area contributed by atoms with Gasteiger partial charge in [0, 0.05) is 11.6 Å². The third-order valence-electron chi connectivity index (χ3n) is 4.93. The first-order valence-corrected chi connectivity index (χ1v) is 7.75. The van der Waals surface area contributed by atoms with Gasteiger partial charge in [0.2, 0.25) is 0 Å². The van der Waals surface area contributed by atoms with E-state index in [0.717, 1.165) is 18.9 Å². The second kappa shape index (κ2) is 8.20. The monoisotopic (exact) mass is 271 g/mol. The fraction of sp³-hybridized carbons (Fsp3) is 1.00. The molecule has 0 bridgehead atoms. The first-order valence-electron chi connectivity index (χ1n) is 7.75. The summed E-state index contributed by atoms with van der Waals surface area (Å²) in [7, 11) is 6.33. The number of aliphatic hydroxyl groups excluding tert-OH is 1. The van der Waals surface area contributed by atoms with E-state index in [2.05, 4.69) is 36.1 Å². The molecule has 1 atom stereocenters. The van der Waals surface area contributed by atoms with Crippen LogP contribution < -0.4 is 5.32 Å². The molecule has 1 rings (SSSR count). The van der Waals surface area contributed by atoms with Crippen LogP contribution in [0, 0.1) is 0 Å². The molecule has 0 saturated carbocycles. The molecule has 0 aromatic rings. The summed E-state index contributed by atoms with van der Waals surface area (Å²) in [6.45, 7) is 6.00. The van der Waals surface area contributed by atoms with Crippen LogP contribution in [-0.2, 0) is 0 Å². The summed E-state index contributed by atoms with van der Waals surface area (Å²) in [5.41, 5.74) is -0.0675. The van der Waals surface area contributed by atoms with E-state index in [1.807, 2.05) is 7.05 Å². The van der Waals surface area contributed by atoms with E-state index in [1.54, 1.807) is 0 Å². The molecule has 1 aliphatic heterocycles. The van der Waals surface area contributed by atoms with Crippen molar-refractivity contribution in [3.63, 3.8) is 0 Å². The van der Waals surface area contributed by atoms with Gasteiger partial charge in [-0.1, -0.05) is 6.92 Å². The molecule has 1 unspecified atom stereocenters. The Hall–Kier alpha value is -0.160. The lowest BCUT2D eigenvalue weighted by Crippen LogP contribution is -2.47. The Balaban J connectivity index is 2.24. The van der Waals surface area contributed by atoms with Crippen molar-refractivity contribution in [3.8, 4) is 0 Å². The molecule has 19 heavy (non-hydrogen) atoms. The Labute approximate surface area is 119 Å². The average Bonchev–Trinajstić information content (AvgIpc) is 2.45. The van der Waals surface area contributed by atoms with Crippen LogP contribution >= 0.6 is 0 Å². The second-order valence-corrected chi connectivity index (χ2v) is 6.18. The highest BCUT2D eigenvalue weighted by Gasteiger charge is 2.25. The first-order chi connectivity index (χ1) is 9.06. The van der Waals surface area contributed by atoms with Crippen LogP contribution in [-0.4, -0.2) is 73.9 Å². The van der Waals surface area contributed by atoms with Gasteiger partial charge in [0.05, 0.1) is 6.61 Å². The Bertz CT molecular complexity index is 225. The number of likely N-dealkylation sites (tertiary alicyclic amines) is 1. The van der Waals surface area contributed by atoms with E-state index < -0.39 is 0 Å². The van der Waals surface area contributed by atoms with Crippen LogP contribution in [0.5, 0.6) is 0 Å². The molecule has 1 aliphatic rings. The quantitative estimate of drug-likeness (QED) is 0.695. The lowest BCUT2D eigenvalue weighted by Gasteiger charge is -2.36. The fourth-order valence-electron chi connectivity index (χ4n) is 3.05. The largest absolute Gasteiger partial charge is 0.394 e. The molecule has 1 saturated heterocycles. The van der Waals surface area contributed by atoms with Crippen molar-refractivity contribution in [2.75, 3.05) is 47.4 Å². The third-order valence-corrected chi connectivity index (χ3v) is 4.93. The Morgan fingerprint density at radius 2 is 1.95 bits per heavy atom. The van der Waals surface area contributed by atoms with E-state index in [1.165, 1.54) is 38.9 Å². The zero-order valence-electron chi connectivity index (χ0n) is 13.3. The van der Waals surface area contributed by atoms with Crippen LogP contribution in [0.15, 0.2) is 0 Å². The highest BCUT2D eigenvalue weighted by atomic mass is 16.3. The van der Waals surface area contributed by atoms with Crippen molar-refractivity contribution < 1.29 is 5.11 Å². The van der Waals surface area contributed by atoms with Crippen LogP contribution in [0.3, 0.4) is 0 Å². The molecular weight excluding hydrogens is 238 g/mol. The maximum atomic E-state index is 9.53. The molecule has 1 heterocycles. The van der Waals surface area contributed by atoms with E-state index in [9.17, 15) is 5.11 Å². The molecule has 0 aliphatic carbocycles. The average molecular weight is 271 g/mol. The van der Waals surface area contributed by atoms with Crippen molar-refractivity contribution in [2.45, 2.75) is 50.6 Å². The van der Waals surface area contributed by atoms with E-state index >= 15 is 0 Å². The van der Waals surface area contributed by atoms with Crippen molar-refractivity contribution in [1.82, 2.24) is 15.1 Å². The number of piperidine rings is 1. The highest BCUT2D eigenvalue weighted by molar-refractivity contribution is 4.85. The standard InChI is InChI=1S/C15H33N3O/c1-5-15(13-19,16-2)9-6-10-18-11-7-14(8-12-18)17(3)4/h14,16,19H,5-13H2,1-4H3. The van der Waals surface area contributed by atoms with Gasteiger partial charge < -0.3 is 20.2 Å². The predicted octanol–water partition coefficient (Wildman–Crippen LogP) is 1.15. The number of rotatable bonds is 8. The maximum Gasteiger partial charge on any atom is 0.0613 e. The van der Waals surface area contributed by atoms with Gasteiger partial charge in [0.1, 0.15) is 0 Å². The lowest BCUT2D eigenvalue weighted by molar-refractivity contribution is 0.125. The summed E-state index contributed by atoms with van der Waals surface area (Å²) >= 11 is 0. The van der Waals surface area contributed by atoms with E-state index in [-0.39, 0.29) is 12.1 Å². The van der Waals surface area contributed by atoms with Crippen LogP contribution in [0.1, 0.15) is 39.0 Å². The molecule has 0 spiro atoms. The molecule has 4 heteroatoms. The number of nitrogens with one attached hydrogen (secondary N) is 1. The summed E-state index contributed by atoms with van der Waals surface area (Å²) in [5.74, 6) is 0. The Morgan fingerprint density at radius 3 is 2.37 bits per heavy atom. The molecule has 0 aromatic heterocycles. The zero-order chi connectivity index (χ0) is 14.3. The maximum absolute atomic E-state index is 9.53. The van der Waals surface area contributed by atoms with E-state index in [4.69, 9.17) is 0 Å². The van der Waals surface area contributed by atoms with Gasteiger partial charge in [-0.3, -0.25) is 0 Å². The molecule has 0 aromatic carbocycles. The van der Waals surface area contributed by atoms with Gasteiger partial charge in [-0.2, -0.15) is 0 Å². The number of hydrogen-bond acceptors (Lipinski definition) is 4. The van der Waals surface area contributed by atoms with Crippen molar-refractivity contribution in [1.29, 1.82) is 0 Å². The number of likely N-dealkylation sites (N-methyl/N-ethyl adjacent to an activating group) is 1. The smallest absolute Gasteiger partial charge is 0.0613 e. The Kier molecular flexibility index (Phi) is 7.29. The zero-order valence-corrected chi connectivity index (χ0v) is 13.3. The van der Waals surface area contributed by atoms with Crippen molar-refractivity contribution in [2.24, 2.45) is 0 Å². The van der Waals surface area contributed by atoms with Crippen LogP contribution in [0.4, 0.5) is 0 Å². The highest BCUT2D eigenvalue weighted by Crippen LogP contribution is 2.19. The number of hydrogen-bond donors (Lipinski definition) is 2. The van der Waals surface area contributed by atoms with Gasteiger partial charge in [0.15, 0.2) is 0 Å². The first kappa shape index (κ1) is 16.9. The minimum Gasteiger partial charge on any atom is -0.394 e. The van der Waals surface area contributed by atoms with Crippen molar-refractivity contribution >= 4 is 0 Å². The van der Waals surface area contributed by atoms with Crippen LogP contribution in [0.2, 0.25) is 0 Å². The Morgan fingerprint density at radius 1 is 1.32 bits per heavy atom. The number of nitrogens with zero attached hydrogens (tertiary/aromatic N) is 2. The van der Waals surface area contributed by atoms with E-state index in [0.29, 0.717) is 0 Å². The molecule has 114 valence electrons. The normalized spacial score (nSPS) is 21.8. The minimum atomic E-state index is -0.0675. The van der Waals surface area contributed by atoms with Gasteiger partial charge in [0.25, 0.3) is 0 Å². The summed E-state index contributed by atoms with van der Waals surface area (Å²) in [4.78, 5) is 4.93. The minimum absolute atomic E-state index is 0.0675. The molecule has 0 amide bonds. The lowest BCUT2D eigenvalue weighted by atomic mass is 9.91. The van der Waals surface area contributed by atoms with Gasteiger partial charge >= 0.3 is 0 Å². The molecule has 0 radical (unpaired) electrons. The van der Waals surface area contributed by atoms with Crippen LogP contribution in [0.25, 0.3) is 0 Å². The third kappa shape index (κ3) is 5.03. The van der Waals surface area contributed by atoms with Gasteiger partial charge in [-0.15, -0.1) is 0 Å². The SMILES string of the molecule is CCC(CO)(CCCN1CCC(N(C)C)CC1)NC. The molecule has 4 nitrogen and oxygen atoms in total. The van der Waals surface area contributed by atoms with Gasteiger partial charge in [-0.05, 0) is 72.9 Å². The fourth-order valence-corrected chi connectivity index (χ4v) is 3.05. The number of aliphatic hydroxyl groups is 1. The predicted molar refractivity (Wildman–Crippen MR) is 81.6 cm³/mol. The topological polar surface area (TPSA) is 38.7 Å². The summed E-state index contributed by atoms with van der Waals surface area (Å²) in [6.07, 6.45) is 5.80. The van der Waals surface area contributed by atoms with Gasteiger partial charge in [-0.25, -0.2) is 0 Å². The summed E-state index contributed by atoms with van der Waals surface area (Å²) in [5, 5.41) is 12.8. The molecule has 2 N–H and O–H groups in total. The molecule has 1 fully saturated rings. The summed E-state index contributed by atoms with van der Waals surface area (Å²) in [6, 6.07) is 0.765.